The lowest BCUT2D eigenvalue weighted by Gasteiger charge is -2.22. The van der Waals surface area contributed by atoms with Crippen LogP contribution in [0, 0.1) is 4.77 Å². The Balaban J connectivity index is 2.90. The zero-order valence-electron chi connectivity index (χ0n) is 10.5. The molecule has 5 heteroatoms. The van der Waals surface area contributed by atoms with Crippen LogP contribution in [0.25, 0.3) is 0 Å². The largest absolute Gasteiger partial charge is 0.380 e. The molecule has 1 rings (SSSR count). The smallest absolute Gasteiger partial charge is 0.195 e. The second kappa shape index (κ2) is 5.59. The van der Waals surface area contributed by atoms with Gasteiger partial charge >= 0.3 is 0 Å². The lowest BCUT2D eigenvalue weighted by atomic mass is 9.89. The van der Waals surface area contributed by atoms with Gasteiger partial charge in [-0.1, -0.05) is 20.8 Å². The van der Waals surface area contributed by atoms with Crippen LogP contribution in [0.3, 0.4) is 0 Å². The maximum absolute atomic E-state index is 5.35. The highest BCUT2D eigenvalue weighted by molar-refractivity contribution is 7.71. The van der Waals surface area contributed by atoms with Crippen LogP contribution in [0.1, 0.15) is 39.9 Å². The van der Waals surface area contributed by atoms with Crippen LogP contribution in [0.5, 0.6) is 0 Å². The van der Waals surface area contributed by atoms with E-state index in [1.54, 1.807) is 0 Å². The third-order valence-electron chi connectivity index (χ3n) is 2.91. The first kappa shape index (κ1) is 13.4. The molecule has 0 aliphatic carbocycles. The van der Waals surface area contributed by atoms with Gasteiger partial charge in [0.2, 0.25) is 0 Å². The van der Waals surface area contributed by atoms with Crippen LogP contribution in [-0.4, -0.2) is 28.0 Å². The highest BCUT2D eigenvalue weighted by Crippen LogP contribution is 2.24. The molecule has 92 valence electrons. The molecule has 0 bridgehead atoms. The third kappa shape index (κ3) is 2.92. The normalized spacial score (nSPS) is 12.0. The predicted octanol–water partition coefficient (Wildman–Crippen LogP) is 2.66. The summed E-state index contributed by atoms with van der Waals surface area (Å²) in [5, 5.41) is 7.19. The van der Waals surface area contributed by atoms with Crippen LogP contribution in [0.2, 0.25) is 0 Å². The molecular formula is C11H21N3OS. The first-order valence-corrected chi connectivity index (χ1v) is 6.17. The summed E-state index contributed by atoms with van der Waals surface area (Å²) in [4.78, 5) is 0. The van der Waals surface area contributed by atoms with E-state index < -0.39 is 0 Å². The zero-order valence-corrected chi connectivity index (χ0v) is 11.4. The minimum absolute atomic E-state index is 0.0414. The number of aromatic amines is 1. The Morgan fingerprint density at radius 1 is 1.44 bits per heavy atom. The van der Waals surface area contributed by atoms with E-state index in [2.05, 4.69) is 31.0 Å². The first-order chi connectivity index (χ1) is 7.53. The van der Waals surface area contributed by atoms with Crippen molar-refractivity contribution in [2.24, 2.45) is 0 Å². The van der Waals surface area contributed by atoms with Gasteiger partial charge in [-0.3, -0.25) is 5.10 Å². The van der Waals surface area contributed by atoms with Gasteiger partial charge in [-0.05, 0) is 25.6 Å². The standard InChI is InChI=1S/C11H21N3OS/c1-5-11(3,4)9-12-13-10(16)14(9)7-8-15-6-2/h5-8H2,1-4H3,(H,13,16). The van der Waals surface area contributed by atoms with E-state index in [1.807, 2.05) is 11.5 Å². The summed E-state index contributed by atoms with van der Waals surface area (Å²) in [6, 6.07) is 0. The van der Waals surface area contributed by atoms with E-state index in [4.69, 9.17) is 17.0 Å². The van der Waals surface area contributed by atoms with E-state index in [-0.39, 0.29) is 5.41 Å². The summed E-state index contributed by atoms with van der Waals surface area (Å²) in [5.74, 6) is 1.01. The molecule has 1 aromatic rings. The Morgan fingerprint density at radius 3 is 2.69 bits per heavy atom. The van der Waals surface area contributed by atoms with Gasteiger partial charge in [0.05, 0.1) is 13.2 Å². The van der Waals surface area contributed by atoms with E-state index in [1.165, 1.54) is 0 Å². The zero-order chi connectivity index (χ0) is 12.2. The van der Waals surface area contributed by atoms with E-state index in [0.717, 1.165) is 25.4 Å². The van der Waals surface area contributed by atoms with Crippen molar-refractivity contribution in [2.75, 3.05) is 13.2 Å². The summed E-state index contributed by atoms with van der Waals surface area (Å²) in [5.41, 5.74) is 0.0414. The Bertz CT molecular complexity index is 381. The summed E-state index contributed by atoms with van der Waals surface area (Å²) in [6.45, 7) is 10.7. The van der Waals surface area contributed by atoms with Gasteiger partial charge in [0.25, 0.3) is 0 Å². The molecule has 0 saturated heterocycles. The summed E-state index contributed by atoms with van der Waals surface area (Å²) < 4.78 is 8.07. The average Bonchev–Trinajstić information content (AvgIpc) is 2.62. The number of nitrogens with zero attached hydrogens (tertiary/aromatic N) is 2. The molecule has 0 saturated carbocycles. The Hall–Kier alpha value is -0.680. The maximum atomic E-state index is 5.35. The van der Waals surface area contributed by atoms with Crippen molar-refractivity contribution in [2.45, 2.75) is 46.1 Å². The Kier molecular flexibility index (Phi) is 4.68. The van der Waals surface area contributed by atoms with Gasteiger partial charge in [-0.2, -0.15) is 5.10 Å². The van der Waals surface area contributed by atoms with Crippen LogP contribution in [0.4, 0.5) is 0 Å². The van der Waals surface area contributed by atoms with Gasteiger partial charge in [0.1, 0.15) is 5.82 Å². The number of ether oxygens (including phenoxy) is 1. The number of aromatic nitrogens is 3. The topological polar surface area (TPSA) is 42.8 Å². The number of H-pyrrole nitrogens is 1. The molecule has 0 spiro atoms. The average molecular weight is 243 g/mol. The second-order valence-electron chi connectivity index (χ2n) is 4.44. The second-order valence-corrected chi connectivity index (χ2v) is 4.83. The molecule has 0 aromatic carbocycles. The molecule has 1 N–H and O–H groups in total. The van der Waals surface area contributed by atoms with Gasteiger partial charge in [-0.15, -0.1) is 0 Å². The molecule has 1 aromatic heterocycles. The SMILES string of the molecule is CCOCCn1c(C(C)(C)CC)n[nH]c1=S. The minimum atomic E-state index is 0.0414. The van der Waals surface area contributed by atoms with Gasteiger partial charge in [0, 0.05) is 12.0 Å². The van der Waals surface area contributed by atoms with E-state index in [9.17, 15) is 0 Å². The minimum Gasteiger partial charge on any atom is -0.380 e. The summed E-state index contributed by atoms with van der Waals surface area (Å²) in [7, 11) is 0. The molecule has 0 aliphatic rings. The molecule has 0 aliphatic heterocycles. The molecule has 0 amide bonds. The number of rotatable bonds is 6. The Labute approximate surface area is 102 Å². The number of nitrogens with one attached hydrogen (secondary N) is 1. The highest BCUT2D eigenvalue weighted by atomic mass is 32.1. The highest BCUT2D eigenvalue weighted by Gasteiger charge is 2.24. The summed E-state index contributed by atoms with van der Waals surface area (Å²) >= 11 is 5.23. The molecule has 4 nitrogen and oxygen atoms in total. The maximum Gasteiger partial charge on any atom is 0.195 e. The third-order valence-corrected chi connectivity index (χ3v) is 3.22. The van der Waals surface area contributed by atoms with Crippen molar-refractivity contribution in [1.82, 2.24) is 14.8 Å². The van der Waals surface area contributed by atoms with E-state index >= 15 is 0 Å². The van der Waals surface area contributed by atoms with Crippen molar-refractivity contribution < 1.29 is 4.74 Å². The molecule has 1 heterocycles. The van der Waals surface area contributed by atoms with Gasteiger partial charge in [0.15, 0.2) is 4.77 Å². The quantitative estimate of drug-likeness (QED) is 0.617. The number of hydrogen-bond acceptors (Lipinski definition) is 3. The van der Waals surface area contributed by atoms with Crippen molar-refractivity contribution in [3.05, 3.63) is 10.6 Å². The van der Waals surface area contributed by atoms with E-state index in [0.29, 0.717) is 11.4 Å². The lowest BCUT2D eigenvalue weighted by Crippen LogP contribution is -2.23. The first-order valence-electron chi connectivity index (χ1n) is 5.76. The van der Waals surface area contributed by atoms with Crippen LogP contribution in [-0.2, 0) is 16.7 Å². The lowest BCUT2D eigenvalue weighted by molar-refractivity contribution is 0.137. The van der Waals surface area contributed by atoms with Crippen molar-refractivity contribution in [1.29, 1.82) is 0 Å². The number of hydrogen-bond donors (Lipinski definition) is 1. The van der Waals surface area contributed by atoms with Gasteiger partial charge < -0.3 is 9.30 Å². The fraction of sp³-hybridized carbons (Fsp3) is 0.818. The Morgan fingerprint density at radius 2 is 2.12 bits per heavy atom. The monoisotopic (exact) mass is 243 g/mol. The molecule has 0 radical (unpaired) electrons. The van der Waals surface area contributed by atoms with Crippen LogP contribution >= 0.6 is 12.2 Å². The molecular weight excluding hydrogens is 222 g/mol. The van der Waals surface area contributed by atoms with Crippen molar-refractivity contribution in [3.8, 4) is 0 Å². The molecule has 0 atom stereocenters. The van der Waals surface area contributed by atoms with Crippen LogP contribution in [0.15, 0.2) is 0 Å². The molecule has 0 fully saturated rings. The molecule has 0 unspecified atom stereocenters. The fourth-order valence-corrected chi connectivity index (χ4v) is 1.72. The predicted molar refractivity (Wildman–Crippen MR) is 67.2 cm³/mol. The van der Waals surface area contributed by atoms with Crippen molar-refractivity contribution in [3.63, 3.8) is 0 Å². The summed E-state index contributed by atoms with van der Waals surface area (Å²) in [6.07, 6.45) is 1.03. The van der Waals surface area contributed by atoms with Gasteiger partial charge in [-0.25, -0.2) is 0 Å². The van der Waals surface area contributed by atoms with Crippen LogP contribution < -0.4 is 0 Å². The van der Waals surface area contributed by atoms with Crippen molar-refractivity contribution >= 4 is 12.2 Å². The fourth-order valence-electron chi connectivity index (χ4n) is 1.50. The molecule has 16 heavy (non-hydrogen) atoms.